The quantitative estimate of drug-likeness (QED) is 0.578. The van der Waals surface area contributed by atoms with Crippen molar-refractivity contribution in [2.24, 2.45) is 5.10 Å². The van der Waals surface area contributed by atoms with E-state index in [2.05, 4.69) is 21.4 Å². The zero-order chi connectivity index (χ0) is 6.10. The summed E-state index contributed by atoms with van der Waals surface area (Å²) in [6.45, 7) is 0. The summed E-state index contributed by atoms with van der Waals surface area (Å²) in [7, 11) is 0. The minimum Gasteiger partial charge on any atom is -0.247 e. The highest BCUT2D eigenvalue weighted by Crippen LogP contribution is 2.25. The highest BCUT2D eigenvalue weighted by atomic mass is 32.2. The van der Waals surface area contributed by atoms with Crippen molar-refractivity contribution in [1.82, 2.24) is 4.83 Å². The molecule has 0 unspecified atom stereocenters. The number of fused-ring (bicyclic) bond motifs is 1. The van der Waals surface area contributed by atoms with Gasteiger partial charge in [-0.2, -0.15) is 5.10 Å². The molecule has 1 aromatic heterocycles. The van der Waals surface area contributed by atoms with Crippen LogP contribution in [0, 0.1) is 0 Å². The van der Waals surface area contributed by atoms with Gasteiger partial charge < -0.3 is 0 Å². The van der Waals surface area contributed by atoms with Gasteiger partial charge >= 0.3 is 0 Å². The van der Waals surface area contributed by atoms with E-state index >= 15 is 0 Å². The Morgan fingerprint density at radius 3 is 3.44 bits per heavy atom. The Bertz CT molecular complexity index is 241. The monoisotopic (exact) mass is 156 g/mol. The third kappa shape index (κ3) is 0.840. The van der Waals surface area contributed by atoms with E-state index in [1.807, 2.05) is 6.21 Å². The van der Waals surface area contributed by atoms with E-state index < -0.39 is 0 Å². The first-order valence-corrected chi connectivity index (χ1v) is 4.19. The van der Waals surface area contributed by atoms with Crippen molar-refractivity contribution in [1.29, 1.82) is 0 Å². The van der Waals surface area contributed by atoms with Gasteiger partial charge in [-0.15, -0.1) is 11.3 Å². The van der Waals surface area contributed by atoms with E-state index in [4.69, 9.17) is 0 Å². The molecule has 0 amide bonds. The molecule has 4 heteroatoms. The minimum absolute atomic E-state index is 1.25. The van der Waals surface area contributed by atoms with E-state index in [1.54, 1.807) is 23.3 Å². The van der Waals surface area contributed by atoms with Crippen molar-refractivity contribution in [2.45, 2.75) is 4.90 Å². The molecule has 0 aliphatic carbocycles. The highest BCUT2D eigenvalue weighted by Gasteiger charge is 2.04. The SMILES string of the molecule is C1=NNSc2ccsc21. The smallest absolute Gasteiger partial charge is 0.0662 e. The molecule has 0 spiro atoms. The topological polar surface area (TPSA) is 24.4 Å². The van der Waals surface area contributed by atoms with Crippen LogP contribution in [0.4, 0.5) is 0 Å². The number of rotatable bonds is 0. The average Bonchev–Trinajstić information content (AvgIpc) is 2.33. The summed E-state index contributed by atoms with van der Waals surface area (Å²) >= 11 is 3.27. The number of hydrogen-bond donors (Lipinski definition) is 1. The molecule has 1 aliphatic heterocycles. The molecule has 1 aromatic rings. The fraction of sp³-hybridized carbons (Fsp3) is 0. The standard InChI is InChI=1S/C5H4N2S2/c1-2-8-5-3-6-7-9-4(1)5/h1-3,7H. The maximum absolute atomic E-state index is 3.89. The molecule has 46 valence electrons. The van der Waals surface area contributed by atoms with E-state index in [9.17, 15) is 0 Å². The van der Waals surface area contributed by atoms with Crippen LogP contribution in [0.1, 0.15) is 4.88 Å². The molecule has 0 atom stereocenters. The van der Waals surface area contributed by atoms with Gasteiger partial charge in [-0.05, 0) is 11.4 Å². The van der Waals surface area contributed by atoms with Crippen molar-refractivity contribution in [3.63, 3.8) is 0 Å². The van der Waals surface area contributed by atoms with Gasteiger partial charge in [-0.25, -0.2) is 4.83 Å². The number of hydrogen-bond acceptors (Lipinski definition) is 4. The van der Waals surface area contributed by atoms with Gasteiger partial charge in [0.15, 0.2) is 0 Å². The van der Waals surface area contributed by atoms with Crippen LogP contribution in [-0.2, 0) is 0 Å². The number of nitrogens with zero attached hydrogens (tertiary/aromatic N) is 1. The zero-order valence-corrected chi connectivity index (χ0v) is 6.13. The third-order valence-corrected chi connectivity index (χ3v) is 2.80. The van der Waals surface area contributed by atoms with Gasteiger partial charge in [0.05, 0.1) is 11.1 Å². The Labute approximate surface area is 61.1 Å². The van der Waals surface area contributed by atoms with Gasteiger partial charge in [0.2, 0.25) is 0 Å². The van der Waals surface area contributed by atoms with E-state index in [0.29, 0.717) is 0 Å². The van der Waals surface area contributed by atoms with Gasteiger partial charge in [-0.3, -0.25) is 0 Å². The lowest BCUT2D eigenvalue weighted by molar-refractivity contribution is 1.11. The Morgan fingerprint density at radius 1 is 1.56 bits per heavy atom. The summed E-state index contributed by atoms with van der Waals surface area (Å²) in [5.74, 6) is 0. The van der Waals surface area contributed by atoms with Crippen molar-refractivity contribution in [2.75, 3.05) is 0 Å². The van der Waals surface area contributed by atoms with Gasteiger partial charge in [0.25, 0.3) is 0 Å². The van der Waals surface area contributed by atoms with Crippen molar-refractivity contribution in [3.8, 4) is 0 Å². The molecule has 0 aromatic carbocycles. The fourth-order valence-corrected chi connectivity index (χ4v) is 2.15. The van der Waals surface area contributed by atoms with Crippen LogP contribution in [0.2, 0.25) is 0 Å². The molecular formula is C5H4N2S2. The normalized spacial score (nSPS) is 14.7. The maximum atomic E-state index is 3.89. The first-order chi connectivity index (χ1) is 4.47. The average molecular weight is 156 g/mol. The van der Waals surface area contributed by atoms with Crippen molar-refractivity contribution < 1.29 is 0 Å². The molecule has 0 saturated carbocycles. The second-order valence-electron chi connectivity index (χ2n) is 1.60. The lowest BCUT2D eigenvalue weighted by Gasteiger charge is -2.02. The van der Waals surface area contributed by atoms with Crippen LogP contribution in [0.15, 0.2) is 21.4 Å². The van der Waals surface area contributed by atoms with Gasteiger partial charge in [-0.1, -0.05) is 0 Å². The molecule has 1 aliphatic rings. The first kappa shape index (κ1) is 5.32. The molecule has 0 saturated heterocycles. The predicted octanol–water partition coefficient (Wildman–Crippen LogP) is 1.69. The van der Waals surface area contributed by atoms with Crippen molar-refractivity contribution in [3.05, 3.63) is 16.3 Å². The Kier molecular flexibility index (Phi) is 1.20. The van der Waals surface area contributed by atoms with Gasteiger partial charge in [0.1, 0.15) is 0 Å². The fourth-order valence-electron chi connectivity index (χ4n) is 0.648. The van der Waals surface area contributed by atoms with Crippen LogP contribution >= 0.6 is 23.3 Å². The minimum atomic E-state index is 1.25. The molecular weight excluding hydrogens is 152 g/mol. The number of nitrogens with one attached hydrogen (secondary N) is 1. The third-order valence-electron chi connectivity index (χ3n) is 1.05. The lowest BCUT2D eigenvalue weighted by atomic mass is 10.5. The van der Waals surface area contributed by atoms with Crippen molar-refractivity contribution >= 4 is 29.5 Å². The van der Waals surface area contributed by atoms with E-state index in [1.165, 1.54) is 9.77 Å². The summed E-state index contributed by atoms with van der Waals surface area (Å²) in [5, 5.41) is 5.96. The summed E-state index contributed by atoms with van der Waals surface area (Å²) in [6, 6.07) is 2.09. The molecule has 0 fully saturated rings. The predicted molar refractivity (Wildman–Crippen MR) is 40.9 cm³/mol. The molecule has 1 N–H and O–H groups in total. The van der Waals surface area contributed by atoms with Crippen LogP contribution < -0.4 is 4.83 Å². The summed E-state index contributed by atoms with van der Waals surface area (Å²) in [5.41, 5.74) is 0. The van der Waals surface area contributed by atoms with Crippen LogP contribution in [0.25, 0.3) is 0 Å². The Balaban J connectivity index is 2.53. The van der Waals surface area contributed by atoms with Crippen LogP contribution in [-0.4, -0.2) is 6.21 Å². The Hall–Kier alpha value is -0.480. The second-order valence-corrected chi connectivity index (χ2v) is 3.37. The largest absolute Gasteiger partial charge is 0.247 e. The molecule has 0 radical (unpaired) electrons. The van der Waals surface area contributed by atoms with E-state index in [-0.39, 0.29) is 0 Å². The maximum Gasteiger partial charge on any atom is 0.0662 e. The second kappa shape index (κ2) is 2.04. The van der Waals surface area contributed by atoms with Crippen LogP contribution in [0.5, 0.6) is 0 Å². The number of hydrazone groups is 1. The zero-order valence-electron chi connectivity index (χ0n) is 4.50. The molecule has 0 bridgehead atoms. The summed E-state index contributed by atoms with van der Waals surface area (Å²) in [6.07, 6.45) is 1.84. The lowest BCUT2D eigenvalue weighted by Crippen LogP contribution is -1.98. The molecule has 2 heterocycles. The summed E-state index contributed by atoms with van der Waals surface area (Å²) < 4.78 is 0. The number of thiophene rings is 1. The summed E-state index contributed by atoms with van der Waals surface area (Å²) in [4.78, 5) is 5.34. The first-order valence-electron chi connectivity index (χ1n) is 2.49. The van der Waals surface area contributed by atoms with Gasteiger partial charge in [0, 0.05) is 16.8 Å². The van der Waals surface area contributed by atoms with Crippen LogP contribution in [0.3, 0.4) is 0 Å². The molecule has 2 nitrogen and oxygen atoms in total. The highest BCUT2D eigenvalue weighted by molar-refractivity contribution is 7.97. The van der Waals surface area contributed by atoms with E-state index in [0.717, 1.165) is 0 Å². The molecule has 9 heavy (non-hydrogen) atoms. The Morgan fingerprint density at radius 2 is 2.56 bits per heavy atom. The molecule has 2 rings (SSSR count).